The van der Waals surface area contributed by atoms with Crippen LogP contribution in [0.25, 0.3) is 11.1 Å². The van der Waals surface area contributed by atoms with E-state index in [9.17, 15) is 10.2 Å². The fourth-order valence-electron chi connectivity index (χ4n) is 2.09. The van der Waals surface area contributed by atoms with E-state index in [0.717, 1.165) is 22.3 Å². The maximum atomic E-state index is 10.2. The van der Waals surface area contributed by atoms with E-state index in [0.29, 0.717) is 5.56 Å². The third kappa shape index (κ3) is 1.86. The lowest BCUT2D eigenvalue weighted by molar-refractivity contribution is 0.466. The SMILES string of the molecule is Cc1cc(C)c(O)c(-c2ccccc2O)c1C. The highest BCUT2D eigenvalue weighted by atomic mass is 16.3. The molecule has 0 unspecified atom stereocenters. The second-order valence-electron chi connectivity index (χ2n) is 4.38. The predicted molar refractivity (Wildman–Crippen MR) is 69.4 cm³/mol. The average molecular weight is 228 g/mol. The zero-order valence-electron chi connectivity index (χ0n) is 10.3. The van der Waals surface area contributed by atoms with Crippen molar-refractivity contribution in [1.29, 1.82) is 0 Å². The minimum Gasteiger partial charge on any atom is -0.507 e. The summed E-state index contributed by atoms with van der Waals surface area (Å²) in [6, 6.07) is 9.02. The Morgan fingerprint density at radius 3 is 2.18 bits per heavy atom. The van der Waals surface area contributed by atoms with Crippen molar-refractivity contribution in [1.82, 2.24) is 0 Å². The minimum atomic E-state index is 0.191. The molecule has 88 valence electrons. The predicted octanol–water partition coefficient (Wildman–Crippen LogP) is 3.69. The van der Waals surface area contributed by atoms with Gasteiger partial charge < -0.3 is 10.2 Å². The van der Waals surface area contributed by atoms with Gasteiger partial charge in [-0.15, -0.1) is 0 Å². The maximum Gasteiger partial charge on any atom is 0.126 e. The summed E-state index contributed by atoms with van der Waals surface area (Å²) in [6.07, 6.45) is 0. The summed E-state index contributed by atoms with van der Waals surface area (Å²) in [7, 11) is 0. The Morgan fingerprint density at radius 2 is 1.53 bits per heavy atom. The molecule has 0 spiro atoms. The Hall–Kier alpha value is -1.96. The van der Waals surface area contributed by atoms with E-state index in [1.807, 2.05) is 39.0 Å². The molecule has 0 saturated carbocycles. The topological polar surface area (TPSA) is 40.5 Å². The molecule has 0 bridgehead atoms. The third-order valence-electron chi connectivity index (χ3n) is 3.18. The summed E-state index contributed by atoms with van der Waals surface area (Å²) in [5, 5.41) is 20.1. The van der Waals surface area contributed by atoms with E-state index < -0.39 is 0 Å². The van der Waals surface area contributed by atoms with Crippen LogP contribution in [0.4, 0.5) is 0 Å². The molecular formula is C15H16O2. The van der Waals surface area contributed by atoms with Gasteiger partial charge in [-0.25, -0.2) is 0 Å². The summed E-state index contributed by atoms with van der Waals surface area (Å²) < 4.78 is 0. The molecule has 0 saturated heterocycles. The standard InChI is InChI=1S/C15H16O2/c1-9-8-10(2)15(17)14(11(9)3)12-6-4-5-7-13(12)16/h4-8,16-17H,1-3H3. The van der Waals surface area contributed by atoms with Gasteiger partial charge in [0.05, 0.1) is 0 Å². The van der Waals surface area contributed by atoms with Crippen LogP contribution in [0.3, 0.4) is 0 Å². The average Bonchev–Trinajstić information content (AvgIpc) is 2.29. The lowest BCUT2D eigenvalue weighted by Gasteiger charge is -2.14. The van der Waals surface area contributed by atoms with E-state index in [4.69, 9.17) is 0 Å². The molecule has 2 nitrogen and oxygen atoms in total. The van der Waals surface area contributed by atoms with Gasteiger partial charge in [-0.2, -0.15) is 0 Å². The first-order chi connectivity index (χ1) is 8.02. The second kappa shape index (κ2) is 4.13. The van der Waals surface area contributed by atoms with Crippen molar-refractivity contribution in [2.24, 2.45) is 0 Å². The van der Waals surface area contributed by atoms with E-state index >= 15 is 0 Å². The van der Waals surface area contributed by atoms with Gasteiger partial charge in [-0.3, -0.25) is 0 Å². The molecule has 0 atom stereocenters. The number of hydrogen-bond acceptors (Lipinski definition) is 2. The fourth-order valence-corrected chi connectivity index (χ4v) is 2.09. The lowest BCUT2D eigenvalue weighted by atomic mass is 9.93. The van der Waals surface area contributed by atoms with Gasteiger partial charge >= 0.3 is 0 Å². The van der Waals surface area contributed by atoms with Crippen LogP contribution in [0, 0.1) is 20.8 Å². The molecule has 0 amide bonds. The van der Waals surface area contributed by atoms with Gasteiger partial charge in [0.1, 0.15) is 11.5 Å². The van der Waals surface area contributed by atoms with Crippen LogP contribution in [0.2, 0.25) is 0 Å². The van der Waals surface area contributed by atoms with Crippen LogP contribution in [0.15, 0.2) is 30.3 Å². The van der Waals surface area contributed by atoms with E-state index in [1.54, 1.807) is 12.1 Å². The molecule has 2 aromatic carbocycles. The molecule has 2 aromatic rings. The number of phenols is 2. The van der Waals surface area contributed by atoms with E-state index in [1.165, 1.54) is 0 Å². The summed E-state index contributed by atoms with van der Waals surface area (Å²) in [6.45, 7) is 5.83. The van der Waals surface area contributed by atoms with Crippen LogP contribution in [0.5, 0.6) is 11.5 Å². The molecule has 0 aliphatic carbocycles. The number of para-hydroxylation sites is 1. The molecular weight excluding hydrogens is 212 g/mol. The Bertz CT molecular complexity index is 545. The van der Waals surface area contributed by atoms with Crippen molar-refractivity contribution in [2.45, 2.75) is 20.8 Å². The van der Waals surface area contributed by atoms with Gasteiger partial charge in [-0.1, -0.05) is 24.3 Å². The van der Waals surface area contributed by atoms with Crippen molar-refractivity contribution in [2.75, 3.05) is 0 Å². The number of aryl methyl sites for hydroxylation is 2. The van der Waals surface area contributed by atoms with E-state index in [2.05, 4.69) is 0 Å². The van der Waals surface area contributed by atoms with Crippen molar-refractivity contribution in [3.05, 3.63) is 47.0 Å². The van der Waals surface area contributed by atoms with Crippen LogP contribution in [-0.4, -0.2) is 10.2 Å². The third-order valence-corrected chi connectivity index (χ3v) is 3.18. The largest absolute Gasteiger partial charge is 0.507 e. The first-order valence-electron chi connectivity index (χ1n) is 5.60. The van der Waals surface area contributed by atoms with Crippen molar-refractivity contribution in [3.63, 3.8) is 0 Å². The Morgan fingerprint density at radius 1 is 0.882 bits per heavy atom. The normalized spacial score (nSPS) is 10.5. The van der Waals surface area contributed by atoms with Crippen LogP contribution < -0.4 is 0 Å². The van der Waals surface area contributed by atoms with Gasteiger partial charge in [0, 0.05) is 11.1 Å². The van der Waals surface area contributed by atoms with Gasteiger partial charge in [0.15, 0.2) is 0 Å². The van der Waals surface area contributed by atoms with Gasteiger partial charge in [0.25, 0.3) is 0 Å². The van der Waals surface area contributed by atoms with Crippen molar-refractivity contribution >= 4 is 0 Å². The first kappa shape index (κ1) is 11.5. The molecule has 2 N–H and O–H groups in total. The molecule has 2 heteroatoms. The highest BCUT2D eigenvalue weighted by Gasteiger charge is 2.15. The number of benzene rings is 2. The van der Waals surface area contributed by atoms with Gasteiger partial charge in [-0.05, 0) is 43.5 Å². The Balaban J connectivity index is 2.80. The fraction of sp³-hybridized carbons (Fsp3) is 0.200. The summed E-state index contributed by atoms with van der Waals surface area (Å²) in [5.41, 5.74) is 4.33. The monoisotopic (exact) mass is 228 g/mol. The number of aromatic hydroxyl groups is 2. The molecule has 17 heavy (non-hydrogen) atoms. The molecule has 2 rings (SSSR count). The minimum absolute atomic E-state index is 0.191. The van der Waals surface area contributed by atoms with Crippen molar-refractivity contribution in [3.8, 4) is 22.6 Å². The molecule has 0 aliphatic heterocycles. The number of phenolic OH excluding ortho intramolecular Hbond substituents is 2. The van der Waals surface area contributed by atoms with Gasteiger partial charge in [0.2, 0.25) is 0 Å². The highest BCUT2D eigenvalue weighted by Crippen LogP contribution is 2.40. The Labute approximate surface area is 101 Å². The first-order valence-corrected chi connectivity index (χ1v) is 5.60. The summed E-state index contributed by atoms with van der Waals surface area (Å²) in [5.74, 6) is 0.436. The second-order valence-corrected chi connectivity index (χ2v) is 4.38. The number of rotatable bonds is 1. The molecule has 0 radical (unpaired) electrons. The zero-order valence-corrected chi connectivity index (χ0v) is 10.3. The summed E-state index contributed by atoms with van der Waals surface area (Å²) >= 11 is 0. The molecule has 0 heterocycles. The van der Waals surface area contributed by atoms with Crippen molar-refractivity contribution < 1.29 is 10.2 Å². The lowest BCUT2D eigenvalue weighted by Crippen LogP contribution is -1.91. The van der Waals surface area contributed by atoms with Crippen LogP contribution in [-0.2, 0) is 0 Å². The smallest absolute Gasteiger partial charge is 0.126 e. The maximum absolute atomic E-state index is 10.2. The molecule has 0 fully saturated rings. The Kier molecular flexibility index (Phi) is 2.80. The number of hydrogen-bond donors (Lipinski definition) is 2. The zero-order chi connectivity index (χ0) is 12.6. The van der Waals surface area contributed by atoms with E-state index in [-0.39, 0.29) is 11.5 Å². The molecule has 0 aliphatic rings. The van der Waals surface area contributed by atoms with Crippen LogP contribution >= 0.6 is 0 Å². The highest BCUT2D eigenvalue weighted by molar-refractivity contribution is 5.80. The molecule has 0 aromatic heterocycles. The van der Waals surface area contributed by atoms with Crippen LogP contribution in [0.1, 0.15) is 16.7 Å². The quantitative estimate of drug-likeness (QED) is 0.781. The summed E-state index contributed by atoms with van der Waals surface area (Å²) in [4.78, 5) is 0.